The number of thiophene rings is 1. The van der Waals surface area contributed by atoms with E-state index in [0.717, 1.165) is 15.1 Å². The fourth-order valence-electron chi connectivity index (χ4n) is 1.34. The number of hydrogen-bond donors (Lipinski definition) is 1. The second-order valence-electron chi connectivity index (χ2n) is 3.74. The Balaban J connectivity index is 2.01. The summed E-state index contributed by atoms with van der Waals surface area (Å²) in [5.41, 5.74) is 5.92. The topological polar surface area (TPSA) is 74.2 Å². The third-order valence-electron chi connectivity index (χ3n) is 2.20. The van der Waals surface area contributed by atoms with Crippen molar-refractivity contribution in [2.75, 3.05) is 13.2 Å². The smallest absolute Gasteiger partial charge is 0.268 e. The molecule has 0 spiro atoms. The lowest BCUT2D eigenvalue weighted by Crippen LogP contribution is -2.18. The van der Waals surface area contributed by atoms with Gasteiger partial charge in [0.25, 0.3) is 5.89 Å². The van der Waals surface area contributed by atoms with Crippen molar-refractivity contribution in [1.29, 1.82) is 0 Å². The molecule has 2 heterocycles. The lowest BCUT2D eigenvalue weighted by Gasteiger charge is -2.06. The van der Waals surface area contributed by atoms with Crippen LogP contribution in [0, 0.1) is 0 Å². The van der Waals surface area contributed by atoms with Crippen molar-refractivity contribution in [3.63, 3.8) is 0 Å². The zero-order valence-electron chi connectivity index (χ0n) is 9.93. The highest BCUT2D eigenvalue weighted by atomic mass is 79.9. The van der Waals surface area contributed by atoms with Crippen molar-refractivity contribution >= 4 is 27.3 Å². The summed E-state index contributed by atoms with van der Waals surface area (Å²) < 4.78 is 11.6. The highest BCUT2D eigenvalue weighted by molar-refractivity contribution is 9.11. The van der Waals surface area contributed by atoms with E-state index in [-0.39, 0.29) is 6.04 Å². The Morgan fingerprint density at radius 1 is 1.56 bits per heavy atom. The number of halogens is 1. The van der Waals surface area contributed by atoms with Gasteiger partial charge in [0.1, 0.15) is 0 Å². The number of nitrogens with two attached hydrogens (primary N) is 1. The van der Waals surface area contributed by atoms with E-state index in [9.17, 15) is 0 Å². The molecule has 0 fully saturated rings. The molecule has 0 bridgehead atoms. The Morgan fingerprint density at radius 3 is 3.06 bits per heavy atom. The summed E-state index contributed by atoms with van der Waals surface area (Å²) in [6, 6.07) is 3.51. The van der Waals surface area contributed by atoms with Gasteiger partial charge in [0, 0.05) is 6.61 Å². The van der Waals surface area contributed by atoms with Crippen molar-refractivity contribution < 1.29 is 9.26 Å². The molecular weight excluding hydrogens is 318 g/mol. The van der Waals surface area contributed by atoms with E-state index in [1.54, 1.807) is 0 Å². The van der Waals surface area contributed by atoms with Crippen molar-refractivity contribution in [3.8, 4) is 10.8 Å². The van der Waals surface area contributed by atoms with Crippen LogP contribution in [0.1, 0.15) is 25.2 Å². The SMILES string of the molecule is CCCOCC(N)c1noc(-c2ccc(Br)s2)n1. The molecule has 18 heavy (non-hydrogen) atoms. The average Bonchev–Trinajstić information content (AvgIpc) is 2.97. The van der Waals surface area contributed by atoms with Crippen LogP contribution in [0.5, 0.6) is 0 Å². The number of rotatable bonds is 6. The monoisotopic (exact) mass is 331 g/mol. The molecule has 2 aromatic rings. The minimum Gasteiger partial charge on any atom is -0.379 e. The Morgan fingerprint density at radius 2 is 2.39 bits per heavy atom. The predicted octanol–water partition coefficient (Wildman–Crippen LogP) is 2.99. The summed E-state index contributed by atoms with van der Waals surface area (Å²) in [6.07, 6.45) is 0.966. The Labute approximate surface area is 117 Å². The average molecular weight is 332 g/mol. The number of hydrogen-bond acceptors (Lipinski definition) is 6. The lowest BCUT2D eigenvalue weighted by molar-refractivity contribution is 0.119. The first-order valence-electron chi connectivity index (χ1n) is 5.63. The molecule has 0 saturated heterocycles. The quantitative estimate of drug-likeness (QED) is 0.823. The third kappa shape index (κ3) is 3.38. The molecule has 2 rings (SSSR count). The second-order valence-corrected chi connectivity index (χ2v) is 6.21. The van der Waals surface area contributed by atoms with E-state index in [0.29, 0.717) is 24.9 Å². The van der Waals surface area contributed by atoms with Crippen LogP contribution in [-0.2, 0) is 4.74 Å². The predicted molar refractivity (Wildman–Crippen MR) is 73.3 cm³/mol. The van der Waals surface area contributed by atoms with Crippen molar-refractivity contribution in [3.05, 3.63) is 21.7 Å². The number of nitrogens with zero attached hydrogens (tertiary/aromatic N) is 2. The summed E-state index contributed by atoms with van der Waals surface area (Å²) in [5.74, 6) is 0.970. The van der Waals surface area contributed by atoms with Crippen molar-refractivity contribution in [2.24, 2.45) is 5.73 Å². The molecule has 5 nitrogen and oxygen atoms in total. The van der Waals surface area contributed by atoms with Gasteiger partial charge in [-0.1, -0.05) is 12.1 Å². The minimum atomic E-state index is -0.350. The van der Waals surface area contributed by atoms with Crippen LogP contribution in [0.3, 0.4) is 0 Å². The molecule has 0 aliphatic carbocycles. The van der Waals surface area contributed by atoms with Crippen LogP contribution in [0.15, 0.2) is 20.4 Å². The number of ether oxygens (including phenoxy) is 1. The molecule has 1 atom stereocenters. The zero-order chi connectivity index (χ0) is 13.0. The highest BCUT2D eigenvalue weighted by Gasteiger charge is 2.16. The van der Waals surface area contributed by atoms with Gasteiger partial charge in [-0.25, -0.2) is 0 Å². The Bertz CT molecular complexity index is 500. The van der Waals surface area contributed by atoms with Gasteiger partial charge in [-0.2, -0.15) is 4.98 Å². The summed E-state index contributed by atoms with van der Waals surface area (Å²) in [6.45, 7) is 3.14. The second kappa shape index (κ2) is 6.42. The normalized spacial score (nSPS) is 12.8. The molecule has 0 aromatic carbocycles. The van der Waals surface area contributed by atoms with Gasteiger partial charge in [0.05, 0.1) is 21.3 Å². The van der Waals surface area contributed by atoms with Gasteiger partial charge in [-0.15, -0.1) is 11.3 Å². The maximum absolute atomic E-state index is 5.92. The molecule has 0 aliphatic rings. The molecule has 7 heteroatoms. The fraction of sp³-hybridized carbons (Fsp3) is 0.455. The fourth-order valence-corrected chi connectivity index (χ4v) is 2.65. The molecule has 1 unspecified atom stereocenters. The molecule has 98 valence electrons. The number of aromatic nitrogens is 2. The molecule has 0 saturated carbocycles. The van der Waals surface area contributed by atoms with Gasteiger partial charge in [0.2, 0.25) is 0 Å². The van der Waals surface area contributed by atoms with Gasteiger partial charge < -0.3 is 15.0 Å². The standard InChI is InChI=1S/C11H14BrN3O2S/c1-2-5-16-6-7(13)10-14-11(17-15-10)8-3-4-9(12)18-8/h3-4,7H,2,5-6,13H2,1H3. The maximum Gasteiger partial charge on any atom is 0.268 e. The first-order chi connectivity index (χ1) is 8.70. The van der Waals surface area contributed by atoms with Gasteiger partial charge in [-0.3, -0.25) is 0 Å². The molecular formula is C11H14BrN3O2S. The lowest BCUT2D eigenvalue weighted by atomic mass is 10.3. The minimum absolute atomic E-state index is 0.350. The van der Waals surface area contributed by atoms with Crippen LogP contribution in [-0.4, -0.2) is 23.4 Å². The summed E-state index contributed by atoms with van der Waals surface area (Å²) in [7, 11) is 0. The highest BCUT2D eigenvalue weighted by Crippen LogP contribution is 2.30. The van der Waals surface area contributed by atoms with E-state index < -0.39 is 0 Å². The van der Waals surface area contributed by atoms with Gasteiger partial charge in [0.15, 0.2) is 5.82 Å². The van der Waals surface area contributed by atoms with E-state index in [1.807, 2.05) is 19.1 Å². The van der Waals surface area contributed by atoms with Gasteiger partial charge >= 0.3 is 0 Å². The van der Waals surface area contributed by atoms with E-state index >= 15 is 0 Å². The maximum atomic E-state index is 5.92. The van der Waals surface area contributed by atoms with E-state index in [2.05, 4.69) is 26.1 Å². The zero-order valence-corrected chi connectivity index (χ0v) is 12.3. The molecule has 0 amide bonds. The first-order valence-corrected chi connectivity index (χ1v) is 7.24. The van der Waals surface area contributed by atoms with E-state index in [4.69, 9.17) is 15.0 Å². The summed E-state index contributed by atoms with van der Waals surface area (Å²) in [4.78, 5) is 5.20. The third-order valence-corrected chi connectivity index (χ3v) is 3.81. The Hall–Kier alpha value is -0.760. The van der Waals surface area contributed by atoms with Crippen LogP contribution in [0.25, 0.3) is 10.8 Å². The van der Waals surface area contributed by atoms with Crippen LogP contribution in [0.2, 0.25) is 0 Å². The van der Waals surface area contributed by atoms with Crippen molar-refractivity contribution in [1.82, 2.24) is 10.1 Å². The van der Waals surface area contributed by atoms with Gasteiger partial charge in [-0.05, 0) is 34.5 Å². The Kier molecular flexibility index (Phi) is 4.87. The summed E-state index contributed by atoms with van der Waals surface area (Å²) in [5, 5.41) is 3.88. The van der Waals surface area contributed by atoms with Crippen LogP contribution >= 0.6 is 27.3 Å². The van der Waals surface area contributed by atoms with E-state index in [1.165, 1.54) is 11.3 Å². The summed E-state index contributed by atoms with van der Waals surface area (Å²) >= 11 is 4.93. The molecule has 2 aromatic heterocycles. The molecule has 0 aliphatic heterocycles. The van der Waals surface area contributed by atoms with Crippen LogP contribution in [0.4, 0.5) is 0 Å². The molecule has 0 radical (unpaired) electrons. The van der Waals surface area contributed by atoms with Crippen molar-refractivity contribution in [2.45, 2.75) is 19.4 Å². The molecule has 2 N–H and O–H groups in total. The van der Waals surface area contributed by atoms with Crippen LogP contribution < -0.4 is 5.73 Å². The largest absolute Gasteiger partial charge is 0.379 e. The first kappa shape index (κ1) is 13.7.